The van der Waals surface area contributed by atoms with E-state index >= 15 is 0 Å². The molecule has 2 rings (SSSR count). The highest BCUT2D eigenvalue weighted by atomic mass is 79.9. The maximum absolute atomic E-state index is 5.71. The number of rotatable bonds is 0. The average Bonchev–Trinajstić information content (AvgIpc) is 2.08. The van der Waals surface area contributed by atoms with Crippen molar-refractivity contribution < 1.29 is 0 Å². The second-order valence-electron chi connectivity index (χ2n) is 3.03. The fraction of sp³-hybridized carbons (Fsp3) is 0.100. The van der Waals surface area contributed by atoms with Crippen LogP contribution in [-0.4, -0.2) is 4.98 Å². The molecule has 0 aliphatic heterocycles. The molecule has 0 saturated heterocycles. The van der Waals surface area contributed by atoms with E-state index in [4.69, 9.17) is 5.73 Å². The first-order chi connectivity index (χ1) is 6.16. The molecule has 13 heavy (non-hydrogen) atoms. The van der Waals surface area contributed by atoms with Crippen molar-refractivity contribution >= 4 is 32.7 Å². The summed E-state index contributed by atoms with van der Waals surface area (Å²) in [7, 11) is 0. The number of nitrogens with zero attached hydrogens (tertiary/aromatic N) is 1. The summed E-state index contributed by atoms with van der Waals surface area (Å²) in [6.07, 6.45) is 0. The van der Waals surface area contributed by atoms with Gasteiger partial charge in [-0.3, -0.25) is 0 Å². The minimum Gasteiger partial charge on any atom is -0.383 e. The number of hydrogen-bond acceptors (Lipinski definition) is 2. The number of nitrogens with two attached hydrogens (primary N) is 1. The Morgan fingerprint density at radius 1 is 1.31 bits per heavy atom. The maximum atomic E-state index is 5.71. The lowest BCUT2D eigenvalue weighted by atomic mass is 10.1. The van der Waals surface area contributed by atoms with E-state index in [1.165, 1.54) is 0 Å². The van der Waals surface area contributed by atoms with E-state index in [-0.39, 0.29) is 0 Å². The molecule has 0 atom stereocenters. The average molecular weight is 237 g/mol. The van der Waals surface area contributed by atoms with Crippen LogP contribution in [0.25, 0.3) is 10.9 Å². The molecule has 0 spiro atoms. The number of pyridine rings is 1. The molecule has 1 aromatic heterocycles. The van der Waals surface area contributed by atoms with Gasteiger partial charge in [-0.15, -0.1) is 0 Å². The van der Waals surface area contributed by atoms with Gasteiger partial charge in [-0.05, 0) is 30.7 Å². The molecule has 0 fully saturated rings. The number of hydrogen-bond donors (Lipinski definition) is 1. The zero-order valence-electron chi connectivity index (χ0n) is 7.21. The summed E-state index contributed by atoms with van der Waals surface area (Å²) in [6.45, 7) is 1.96. The number of nitrogen functional groups attached to an aromatic ring is 1. The van der Waals surface area contributed by atoms with E-state index in [1.54, 1.807) is 0 Å². The molecule has 0 bridgehead atoms. The van der Waals surface area contributed by atoms with Gasteiger partial charge in [-0.25, -0.2) is 4.98 Å². The van der Waals surface area contributed by atoms with Crippen LogP contribution in [-0.2, 0) is 0 Å². The van der Waals surface area contributed by atoms with Crippen molar-refractivity contribution in [2.75, 3.05) is 5.73 Å². The number of halogens is 1. The SMILES string of the molecule is Cc1cc2ccc(Br)cc2nc1N. The summed E-state index contributed by atoms with van der Waals surface area (Å²) >= 11 is 3.39. The lowest BCUT2D eigenvalue weighted by Crippen LogP contribution is -1.93. The maximum Gasteiger partial charge on any atom is 0.127 e. The molecule has 0 unspecified atom stereocenters. The zero-order valence-corrected chi connectivity index (χ0v) is 8.80. The molecule has 66 valence electrons. The molecule has 0 amide bonds. The van der Waals surface area contributed by atoms with Gasteiger partial charge < -0.3 is 5.73 Å². The lowest BCUT2D eigenvalue weighted by molar-refractivity contribution is 1.34. The lowest BCUT2D eigenvalue weighted by Gasteiger charge is -2.02. The minimum atomic E-state index is 0.602. The van der Waals surface area contributed by atoms with Crippen LogP contribution in [0.2, 0.25) is 0 Å². The van der Waals surface area contributed by atoms with E-state index in [0.29, 0.717) is 5.82 Å². The Morgan fingerprint density at radius 2 is 2.08 bits per heavy atom. The van der Waals surface area contributed by atoms with Crippen LogP contribution < -0.4 is 5.73 Å². The summed E-state index contributed by atoms with van der Waals surface area (Å²) in [5.41, 5.74) is 7.66. The highest BCUT2D eigenvalue weighted by molar-refractivity contribution is 9.10. The van der Waals surface area contributed by atoms with E-state index < -0.39 is 0 Å². The van der Waals surface area contributed by atoms with Crippen molar-refractivity contribution in [2.24, 2.45) is 0 Å². The quantitative estimate of drug-likeness (QED) is 0.765. The third kappa shape index (κ3) is 1.52. The van der Waals surface area contributed by atoms with Crippen LogP contribution in [0.4, 0.5) is 5.82 Å². The Labute approximate surface area is 84.9 Å². The summed E-state index contributed by atoms with van der Waals surface area (Å²) in [6, 6.07) is 8.04. The molecule has 0 aliphatic rings. The highest BCUT2D eigenvalue weighted by Gasteiger charge is 1.99. The number of aromatic nitrogens is 1. The number of fused-ring (bicyclic) bond motifs is 1. The third-order valence-corrected chi connectivity index (χ3v) is 2.50. The van der Waals surface area contributed by atoms with Crippen LogP contribution in [0.3, 0.4) is 0 Å². The fourth-order valence-electron chi connectivity index (χ4n) is 1.26. The first kappa shape index (κ1) is 8.51. The summed E-state index contributed by atoms with van der Waals surface area (Å²) in [4.78, 5) is 4.28. The molecule has 1 heterocycles. The van der Waals surface area contributed by atoms with Crippen LogP contribution in [0.5, 0.6) is 0 Å². The van der Waals surface area contributed by atoms with E-state index in [9.17, 15) is 0 Å². The molecular formula is C10H9BrN2. The van der Waals surface area contributed by atoms with Crippen LogP contribution in [0.15, 0.2) is 28.7 Å². The summed E-state index contributed by atoms with van der Waals surface area (Å²) in [5.74, 6) is 0.602. The smallest absolute Gasteiger partial charge is 0.127 e. The highest BCUT2D eigenvalue weighted by Crippen LogP contribution is 2.21. The van der Waals surface area contributed by atoms with Gasteiger partial charge in [0.2, 0.25) is 0 Å². The standard InChI is InChI=1S/C10H9BrN2/c1-6-4-7-2-3-8(11)5-9(7)13-10(6)12/h2-5H,1H3,(H2,12,13). The van der Waals surface area contributed by atoms with E-state index in [0.717, 1.165) is 20.9 Å². The van der Waals surface area contributed by atoms with Crippen molar-refractivity contribution in [3.05, 3.63) is 34.3 Å². The van der Waals surface area contributed by atoms with Gasteiger partial charge >= 0.3 is 0 Å². The molecule has 2 nitrogen and oxygen atoms in total. The van der Waals surface area contributed by atoms with Gasteiger partial charge in [0.05, 0.1) is 5.52 Å². The second-order valence-corrected chi connectivity index (χ2v) is 3.94. The van der Waals surface area contributed by atoms with Crippen LogP contribution >= 0.6 is 15.9 Å². The molecule has 3 heteroatoms. The largest absolute Gasteiger partial charge is 0.383 e. The molecular weight excluding hydrogens is 228 g/mol. The number of aryl methyl sites for hydroxylation is 1. The Kier molecular flexibility index (Phi) is 1.96. The fourth-order valence-corrected chi connectivity index (χ4v) is 1.61. The van der Waals surface area contributed by atoms with E-state index in [2.05, 4.69) is 20.9 Å². The Morgan fingerprint density at radius 3 is 2.85 bits per heavy atom. The van der Waals surface area contributed by atoms with Gasteiger partial charge in [-0.1, -0.05) is 22.0 Å². The van der Waals surface area contributed by atoms with Gasteiger partial charge in [-0.2, -0.15) is 0 Å². The minimum absolute atomic E-state index is 0.602. The second kappa shape index (κ2) is 3.00. The van der Waals surface area contributed by atoms with Crippen LogP contribution in [0.1, 0.15) is 5.56 Å². The van der Waals surface area contributed by atoms with Crippen molar-refractivity contribution in [1.82, 2.24) is 4.98 Å². The normalized spacial score (nSPS) is 10.6. The first-order valence-electron chi connectivity index (χ1n) is 3.99. The van der Waals surface area contributed by atoms with E-state index in [1.807, 2.05) is 31.2 Å². The number of benzene rings is 1. The number of anilines is 1. The Hall–Kier alpha value is -1.09. The summed E-state index contributed by atoms with van der Waals surface area (Å²) in [5, 5.41) is 1.12. The molecule has 0 aliphatic carbocycles. The Balaban J connectivity index is 2.81. The molecule has 2 N–H and O–H groups in total. The van der Waals surface area contributed by atoms with Gasteiger partial charge in [0.25, 0.3) is 0 Å². The first-order valence-corrected chi connectivity index (χ1v) is 4.78. The van der Waals surface area contributed by atoms with Crippen molar-refractivity contribution in [2.45, 2.75) is 6.92 Å². The van der Waals surface area contributed by atoms with Gasteiger partial charge in [0.1, 0.15) is 5.82 Å². The molecule has 1 aromatic carbocycles. The summed E-state index contributed by atoms with van der Waals surface area (Å²) < 4.78 is 1.02. The topological polar surface area (TPSA) is 38.9 Å². The molecule has 0 radical (unpaired) electrons. The third-order valence-electron chi connectivity index (χ3n) is 2.01. The van der Waals surface area contributed by atoms with Crippen molar-refractivity contribution in [1.29, 1.82) is 0 Å². The van der Waals surface area contributed by atoms with Crippen molar-refractivity contribution in [3.63, 3.8) is 0 Å². The predicted molar refractivity (Wildman–Crippen MR) is 58.6 cm³/mol. The van der Waals surface area contributed by atoms with Crippen molar-refractivity contribution in [3.8, 4) is 0 Å². The predicted octanol–water partition coefficient (Wildman–Crippen LogP) is 2.89. The van der Waals surface area contributed by atoms with Gasteiger partial charge in [0.15, 0.2) is 0 Å². The van der Waals surface area contributed by atoms with Gasteiger partial charge in [0, 0.05) is 9.86 Å². The zero-order chi connectivity index (χ0) is 9.42. The molecule has 0 saturated carbocycles. The Bertz CT molecular complexity index is 466. The molecule has 2 aromatic rings. The monoisotopic (exact) mass is 236 g/mol. The van der Waals surface area contributed by atoms with Crippen LogP contribution in [0, 0.1) is 6.92 Å².